The third-order valence-corrected chi connectivity index (χ3v) is 5.74. The van der Waals surface area contributed by atoms with Gasteiger partial charge in [0.1, 0.15) is 11.3 Å². The van der Waals surface area contributed by atoms with Gasteiger partial charge in [0, 0.05) is 21.6 Å². The Morgan fingerprint density at radius 3 is 2.60 bits per heavy atom. The average molecular weight is 471 g/mol. The van der Waals surface area contributed by atoms with E-state index in [-0.39, 0.29) is 18.4 Å². The van der Waals surface area contributed by atoms with Crippen molar-refractivity contribution >= 4 is 50.3 Å². The van der Waals surface area contributed by atoms with Gasteiger partial charge in [-0.05, 0) is 44.0 Å². The highest BCUT2D eigenvalue weighted by atomic mass is 79.9. The number of rotatable bonds is 5. The number of fused-ring (bicyclic) bond motifs is 1. The molecular formula is C22H23BrN4O3. The van der Waals surface area contributed by atoms with Crippen LogP contribution in [-0.2, 0) is 9.53 Å². The van der Waals surface area contributed by atoms with Crippen molar-refractivity contribution in [1.29, 1.82) is 0 Å². The predicted octanol–water partition coefficient (Wildman–Crippen LogP) is 5.69. The van der Waals surface area contributed by atoms with Crippen LogP contribution in [0.3, 0.4) is 0 Å². The molecule has 0 radical (unpaired) electrons. The summed E-state index contributed by atoms with van der Waals surface area (Å²) < 4.78 is 5.96. The Balaban J connectivity index is 1.71. The molecule has 8 heteroatoms. The van der Waals surface area contributed by atoms with Gasteiger partial charge in [0.2, 0.25) is 5.91 Å². The topological polar surface area (TPSA) is 96.1 Å². The molecule has 3 aromatic rings. The summed E-state index contributed by atoms with van der Waals surface area (Å²) >= 11 is 3.44. The Morgan fingerprint density at radius 1 is 1.17 bits per heavy atom. The second kappa shape index (κ2) is 8.87. The summed E-state index contributed by atoms with van der Waals surface area (Å²) in [5, 5.41) is 5.73. The fourth-order valence-corrected chi connectivity index (χ4v) is 4.00. The molecule has 1 saturated carbocycles. The second-order valence-corrected chi connectivity index (χ2v) is 8.24. The van der Waals surface area contributed by atoms with E-state index >= 15 is 0 Å². The average Bonchev–Trinajstić information content (AvgIpc) is 3.39. The highest BCUT2D eigenvalue weighted by Crippen LogP contribution is 2.32. The van der Waals surface area contributed by atoms with Gasteiger partial charge in [-0.25, -0.2) is 9.78 Å². The van der Waals surface area contributed by atoms with Gasteiger partial charge in [0.25, 0.3) is 0 Å². The summed E-state index contributed by atoms with van der Waals surface area (Å²) in [6, 6.07) is 11.3. The van der Waals surface area contributed by atoms with E-state index < -0.39 is 6.09 Å². The monoisotopic (exact) mass is 470 g/mol. The first-order valence-electron chi connectivity index (χ1n) is 10.1. The molecule has 0 unspecified atom stereocenters. The number of carbonyl (C=O) groups excluding carboxylic acids is 2. The van der Waals surface area contributed by atoms with E-state index in [9.17, 15) is 9.59 Å². The third kappa shape index (κ3) is 4.48. The molecule has 2 aromatic carbocycles. The zero-order valence-corrected chi connectivity index (χ0v) is 18.2. The van der Waals surface area contributed by atoms with E-state index in [0.717, 1.165) is 35.7 Å². The summed E-state index contributed by atoms with van der Waals surface area (Å²) in [5.41, 5.74) is 3.37. The number of amides is 2. The Labute approximate surface area is 182 Å². The highest BCUT2D eigenvalue weighted by Gasteiger charge is 2.24. The molecule has 3 N–H and O–H groups in total. The van der Waals surface area contributed by atoms with E-state index in [1.165, 1.54) is 0 Å². The summed E-state index contributed by atoms with van der Waals surface area (Å²) in [7, 11) is 0. The lowest BCUT2D eigenvalue weighted by molar-refractivity contribution is -0.119. The van der Waals surface area contributed by atoms with E-state index in [0.29, 0.717) is 28.2 Å². The number of anilines is 2. The Hall–Kier alpha value is -2.87. The number of hydrogen-bond donors (Lipinski definition) is 3. The summed E-state index contributed by atoms with van der Waals surface area (Å²) in [6.45, 7) is 2.02. The van der Waals surface area contributed by atoms with Crippen molar-refractivity contribution in [1.82, 2.24) is 9.97 Å². The summed E-state index contributed by atoms with van der Waals surface area (Å²) in [6.07, 6.45) is 3.42. The maximum absolute atomic E-state index is 12.7. The molecule has 30 heavy (non-hydrogen) atoms. The Kier molecular flexibility index (Phi) is 6.03. The van der Waals surface area contributed by atoms with Gasteiger partial charge >= 0.3 is 6.09 Å². The third-order valence-electron chi connectivity index (χ3n) is 5.21. The van der Waals surface area contributed by atoms with Crippen molar-refractivity contribution in [2.45, 2.75) is 32.6 Å². The van der Waals surface area contributed by atoms with Crippen LogP contribution < -0.4 is 10.6 Å². The number of carbonyl (C=O) groups is 2. The molecule has 2 amide bonds. The van der Waals surface area contributed by atoms with Crippen LogP contribution in [0.4, 0.5) is 16.2 Å². The minimum absolute atomic E-state index is 0.00437. The molecule has 1 fully saturated rings. The molecule has 7 nitrogen and oxygen atoms in total. The normalized spacial score (nSPS) is 14.1. The molecule has 0 aliphatic heterocycles. The largest absolute Gasteiger partial charge is 0.450 e. The number of imidazole rings is 1. The van der Waals surface area contributed by atoms with Gasteiger partial charge in [0.05, 0.1) is 17.8 Å². The van der Waals surface area contributed by atoms with E-state index in [2.05, 4.69) is 31.5 Å². The number of nitrogens with one attached hydrogen (secondary N) is 3. The first-order valence-corrected chi connectivity index (χ1v) is 10.9. The van der Waals surface area contributed by atoms with Crippen LogP contribution in [0.15, 0.2) is 40.9 Å². The summed E-state index contributed by atoms with van der Waals surface area (Å²) in [5.74, 6) is 0.698. The molecule has 4 rings (SSSR count). The lowest BCUT2D eigenvalue weighted by Gasteiger charge is -2.12. The van der Waals surface area contributed by atoms with Crippen molar-refractivity contribution < 1.29 is 14.3 Å². The molecule has 156 valence electrons. The van der Waals surface area contributed by atoms with Gasteiger partial charge in [-0.2, -0.15) is 0 Å². The van der Waals surface area contributed by atoms with Crippen molar-refractivity contribution in [3.63, 3.8) is 0 Å². The molecule has 1 heterocycles. The van der Waals surface area contributed by atoms with Crippen molar-refractivity contribution in [2.75, 3.05) is 17.2 Å². The smallest absolute Gasteiger partial charge is 0.411 e. The van der Waals surface area contributed by atoms with Gasteiger partial charge in [0.15, 0.2) is 0 Å². The number of aromatic nitrogens is 2. The number of ether oxygens (including phenoxy) is 1. The molecule has 0 saturated heterocycles. The number of nitrogens with zero attached hydrogens (tertiary/aromatic N) is 1. The zero-order chi connectivity index (χ0) is 21.1. The number of benzene rings is 2. The minimum atomic E-state index is -0.544. The lowest BCUT2D eigenvalue weighted by atomic mass is 10.1. The molecular weight excluding hydrogens is 448 g/mol. The van der Waals surface area contributed by atoms with Crippen LogP contribution in [0, 0.1) is 5.92 Å². The van der Waals surface area contributed by atoms with Crippen LogP contribution >= 0.6 is 15.9 Å². The molecule has 0 atom stereocenters. The number of hydrogen-bond acceptors (Lipinski definition) is 4. The quantitative estimate of drug-likeness (QED) is 0.446. The number of halogens is 1. The van der Waals surface area contributed by atoms with Gasteiger partial charge < -0.3 is 15.0 Å². The maximum Gasteiger partial charge on any atom is 0.411 e. The first-order chi connectivity index (χ1) is 14.5. The molecule has 1 aromatic heterocycles. The van der Waals surface area contributed by atoms with Crippen LogP contribution in [0.5, 0.6) is 0 Å². The Bertz CT molecular complexity index is 1070. The second-order valence-electron chi connectivity index (χ2n) is 7.33. The van der Waals surface area contributed by atoms with Crippen LogP contribution in [0.2, 0.25) is 0 Å². The van der Waals surface area contributed by atoms with Gasteiger partial charge in [-0.1, -0.05) is 40.9 Å². The standard InChI is InChI=1S/C22H23BrN4O3/c1-2-30-22(29)24-16-11-17-19(18(12-16)26-21(28)14-5-3-4-6-14)27-20(25-17)13-7-9-15(23)10-8-13/h7-12,14H,2-6H2,1H3,(H,24,29)(H,25,27)(H,26,28). The highest BCUT2D eigenvalue weighted by molar-refractivity contribution is 9.10. The van der Waals surface area contributed by atoms with Gasteiger partial charge in [-0.15, -0.1) is 0 Å². The molecule has 1 aliphatic carbocycles. The fraction of sp³-hybridized carbons (Fsp3) is 0.318. The molecule has 0 bridgehead atoms. The zero-order valence-electron chi connectivity index (χ0n) is 16.6. The lowest BCUT2D eigenvalue weighted by Crippen LogP contribution is -2.20. The van der Waals surface area contributed by atoms with E-state index in [1.807, 2.05) is 24.3 Å². The predicted molar refractivity (Wildman–Crippen MR) is 120 cm³/mol. The minimum Gasteiger partial charge on any atom is -0.450 e. The Morgan fingerprint density at radius 2 is 1.90 bits per heavy atom. The molecule has 0 spiro atoms. The van der Waals surface area contributed by atoms with Crippen molar-refractivity contribution in [2.24, 2.45) is 5.92 Å². The first kappa shape index (κ1) is 20.4. The number of H-pyrrole nitrogens is 1. The maximum atomic E-state index is 12.7. The van der Waals surface area contributed by atoms with E-state index in [1.54, 1.807) is 19.1 Å². The van der Waals surface area contributed by atoms with E-state index in [4.69, 9.17) is 9.72 Å². The summed E-state index contributed by atoms with van der Waals surface area (Å²) in [4.78, 5) is 32.7. The molecule has 1 aliphatic rings. The van der Waals surface area contributed by atoms with Crippen LogP contribution in [0.25, 0.3) is 22.4 Å². The number of aromatic amines is 1. The van der Waals surface area contributed by atoms with Crippen molar-refractivity contribution in [3.8, 4) is 11.4 Å². The van der Waals surface area contributed by atoms with Crippen LogP contribution in [-0.4, -0.2) is 28.6 Å². The fourth-order valence-electron chi connectivity index (χ4n) is 3.74. The van der Waals surface area contributed by atoms with Crippen LogP contribution in [0.1, 0.15) is 32.6 Å². The SMILES string of the molecule is CCOC(=O)Nc1cc(NC(=O)C2CCCC2)c2nc(-c3ccc(Br)cc3)[nH]c2c1. The van der Waals surface area contributed by atoms with Crippen molar-refractivity contribution in [3.05, 3.63) is 40.9 Å². The van der Waals surface area contributed by atoms with Gasteiger partial charge in [-0.3, -0.25) is 10.1 Å².